The molecule has 1 aromatic rings. The van der Waals surface area contributed by atoms with Crippen LogP contribution in [0.3, 0.4) is 0 Å². The number of methoxy groups -OCH3 is 2. The van der Waals surface area contributed by atoms with E-state index in [1.807, 2.05) is 0 Å². The van der Waals surface area contributed by atoms with Crippen molar-refractivity contribution >= 4 is 17.9 Å². The fraction of sp³-hybridized carbons (Fsp3) is 0.500. The van der Waals surface area contributed by atoms with E-state index in [1.165, 1.54) is 27.2 Å². The minimum atomic E-state index is -0.661. The van der Waals surface area contributed by atoms with E-state index in [-0.39, 0.29) is 22.5 Å². The van der Waals surface area contributed by atoms with Crippen molar-refractivity contribution in [1.29, 1.82) is 0 Å². The van der Waals surface area contributed by atoms with Crippen molar-refractivity contribution in [3.63, 3.8) is 0 Å². The monoisotopic (exact) mass is 332 g/mol. The fourth-order valence-electron chi connectivity index (χ4n) is 4.04. The predicted octanol–water partition coefficient (Wildman–Crippen LogP) is 2.48. The summed E-state index contributed by atoms with van der Waals surface area (Å²) in [5.74, 6) is -0.814. The normalized spacial score (nSPS) is 22.2. The van der Waals surface area contributed by atoms with Crippen LogP contribution in [0.5, 0.6) is 5.75 Å². The van der Waals surface area contributed by atoms with Crippen molar-refractivity contribution in [3.05, 3.63) is 28.3 Å². The maximum Gasteiger partial charge on any atom is 0.339 e. The minimum Gasteiger partial charge on any atom is -0.465 e. The van der Waals surface area contributed by atoms with Crippen LogP contribution in [-0.4, -0.2) is 32.1 Å². The standard InChI is InChI=1S/C18H20O6/c1-8(19)24-12-7-10(16(20)22-4)13(17(21)23-5)9-6-11-15(14(9)12)18(11,2)3/h7,11,15H,6H2,1-5H3/t11-,15-/m1/s1. The Morgan fingerprint density at radius 2 is 1.75 bits per heavy atom. The van der Waals surface area contributed by atoms with Gasteiger partial charge >= 0.3 is 17.9 Å². The van der Waals surface area contributed by atoms with E-state index in [9.17, 15) is 14.4 Å². The molecule has 2 aliphatic rings. The van der Waals surface area contributed by atoms with Crippen LogP contribution >= 0.6 is 0 Å². The molecule has 0 aromatic heterocycles. The van der Waals surface area contributed by atoms with Gasteiger partial charge in [0.25, 0.3) is 0 Å². The van der Waals surface area contributed by atoms with Crippen molar-refractivity contribution in [2.45, 2.75) is 33.1 Å². The topological polar surface area (TPSA) is 78.9 Å². The summed E-state index contributed by atoms with van der Waals surface area (Å²) in [5, 5.41) is 0. The van der Waals surface area contributed by atoms with E-state index in [2.05, 4.69) is 13.8 Å². The number of hydrogen-bond donors (Lipinski definition) is 0. The molecular formula is C18H20O6. The van der Waals surface area contributed by atoms with Gasteiger partial charge in [0, 0.05) is 12.5 Å². The maximum absolute atomic E-state index is 12.3. The molecule has 1 fully saturated rings. The van der Waals surface area contributed by atoms with Crippen LogP contribution in [-0.2, 0) is 20.7 Å². The summed E-state index contributed by atoms with van der Waals surface area (Å²) < 4.78 is 15.0. The minimum absolute atomic E-state index is 0.0680. The van der Waals surface area contributed by atoms with E-state index >= 15 is 0 Å². The van der Waals surface area contributed by atoms with Crippen LogP contribution in [0, 0.1) is 11.3 Å². The molecule has 24 heavy (non-hydrogen) atoms. The molecule has 0 amide bonds. The van der Waals surface area contributed by atoms with Gasteiger partial charge in [-0.05, 0) is 35.3 Å². The van der Waals surface area contributed by atoms with Crippen molar-refractivity contribution in [2.75, 3.05) is 14.2 Å². The Hall–Kier alpha value is -2.37. The first-order chi connectivity index (χ1) is 11.2. The van der Waals surface area contributed by atoms with Gasteiger partial charge in [-0.3, -0.25) is 4.79 Å². The number of ether oxygens (including phenoxy) is 3. The van der Waals surface area contributed by atoms with Gasteiger partial charge in [-0.25, -0.2) is 9.59 Å². The smallest absolute Gasteiger partial charge is 0.339 e. The SMILES string of the molecule is COC(=O)c1cc(OC(C)=O)c2c(c1C(=O)OC)C[C@@H]1[C@H]2C1(C)C. The number of fused-ring (bicyclic) bond motifs is 3. The zero-order valence-electron chi connectivity index (χ0n) is 14.4. The Labute approximate surface area is 140 Å². The molecule has 6 nitrogen and oxygen atoms in total. The average molecular weight is 332 g/mol. The van der Waals surface area contributed by atoms with E-state index < -0.39 is 17.9 Å². The number of rotatable bonds is 3. The van der Waals surface area contributed by atoms with Crippen LogP contribution in [0.1, 0.15) is 58.5 Å². The van der Waals surface area contributed by atoms with Crippen LogP contribution in [0.4, 0.5) is 0 Å². The third kappa shape index (κ3) is 2.20. The molecule has 0 N–H and O–H groups in total. The third-order valence-electron chi connectivity index (χ3n) is 5.27. The molecule has 6 heteroatoms. The van der Waals surface area contributed by atoms with E-state index in [1.54, 1.807) is 0 Å². The molecule has 0 spiro atoms. The molecule has 0 unspecified atom stereocenters. The second-order valence-corrected chi connectivity index (χ2v) is 6.88. The zero-order valence-corrected chi connectivity index (χ0v) is 14.4. The second-order valence-electron chi connectivity index (χ2n) is 6.88. The summed E-state index contributed by atoms with van der Waals surface area (Å²) in [6.07, 6.45) is 0.649. The van der Waals surface area contributed by atoms with Crippen LogP contribution < -0.4 is 4.74 Å². The fourth-order valence-corrected chi connectivity index (χ4v) is 4.04. The van der Waals surface area contributed by atoms with Crippen LogP contribution in [0.25, 0.3) is 0 Å². The summed E-state index contributed by atoms with van der Waals surface area (Å²) in [7, 11) is 2.51. The highest BCUT2D eigenvalue weighted by Gasteiger charge is 2.64. The third-order valence-corrected chi connectivity index (χ3v) is 5.27. The van der Waals surface area contributed by atoms with E-state index in [4.69, 9.17) is 14.2 Å². The van der Waals surface area contributed by atoms with Gasteiger partial charge in [-0.2, -0.15) is 0 Å². The summed E-state index contributed by atoms with van der Waals surface area (Å²) >= 11 is 0. The quantitative estimate of drug-likeness (QED) is 0.625. The molecule has 0 aliphatic heterocycles. The summed E-state index contributed by atoms with van der Waals surface area (Å²) in [4.78, 5) is 35.9. The van der Waals surface area contributed by atoms with Gasteiger partial charge in [0.05, 0.1) is 25.3 Å². The van der Waals surface area contributed by atoms with Gasteiger partial charge in [0.2, 0.25) is 0 Å². The molecule has 128 valence electrons. The summed E-state index contributed by atoms with van der Waals surface area (Å²) in [5.41, 5.74) is 1.95. The average Bonchev–Trinajstić information content (AvgIpc) is 2.87. The lowest BCUT2D eigenvalue weighted by Crippen LogP contribution is -2.18. The zero-order chi connectivity index (χ0) is 17.8. The first-order valence-electron chi connectivity index (χ1n) is 7.78. The molecule has 1 aromatic carbocycles. The Bertz CT molecular complexity index is 761. The van der Waals surface area contributed by atoms with Gasteiger partial charge in [0.15, 0.2) is 0 Å². The van der Waals surface area contributed by atoms with Gasteiger partial charge in [-0.15, -0.1) is 0 Å². The molecule has 2 aliphatic carbocycles. The highest BCUT2D eigenvalue weighted by atomic mass is 16.5. The molecular weight excluding hydrogens is 312 g/mol. The molecule has 0 radical (unpaired) electrons. The number of benzene rings is 1. The van der Waals surface area contributed by atoms with Crippen molar-refractivity contribution < 1.29 is 28.6 Å². The number of hydrogen-bond acceptors (Lipinski definition) is 6. The lowest BCUT2D eigenvalue weighted by Gasteiger charge is -2.20. The van der Waals surface area contributed by atoms with E-state index in [0.717, 1.165) is 11.1 Å². The highest BCUT2D eigenvalue weighted by Crippen LogP contribution is 2.72. The molecule has 1 saturated carbocycles. The molecule has 0 saturated heterocycles. The van der Waals surface area contributed by atoms with Gasteiger partial charge in [0.1, 0.15) is 5.75 Å². The van der Waals surface area contributed by atoms with Crippen molar-refractivity contribution in [1.82, 2.24) is 0 Å². The number of carbonyl (C=O) groups excluding carboxylic acids is 3. The van der Waals surface area contributed by atoms with E-state index in [0.29, 0.717) is 18.1 Å². The molecule has 0 heterocycles. The lowest BCUT2D eigenvalue weighted by atomic mass is 9.88. The number of esters is 3. The maximum atomic E-state index is 12.3. The van der Waals surface area contributed by atoms with Gasteiger partial charge < -0.3 is 14.2 Å². The van der Waals surface area contributed by atoms with Crippen LogP contribution in [0.2, 0.25) is 0 Å². The largest absolute Gasteiger partial charge is 0.465 e. The Kier molecular flexibility index (Phi) is 3.66. The number of carbonyl (C=O) groups is 3. The van der Waals surface area contributed by atoms with Crippen molar-refractivity contribution in [2.24, 2.45) is 11.3 Å². The lowest BCUT2D eigenvalue weighted by molar-refractivity contribution is -0.131. The second kappa shape index (κ2) is 5.33. The molecule has 2 atom stereocenters. The van der Waals surface area contributed by atoms with Crippen LogP contribution in [0.15, 0.2) is 6.07 Å². The van der Waals surface area contributed by atoms with Crippen molar-refractivity contribution in [3.8, 4) is 5.75 Å². The highest BCUT2D eigenvalue weighted by molar-refractivity contribution is 6.05. The molecule has 3 rings (SSSR count). The first kappa shape index (κ1) is 16.5. The Morgan fingerprint density at radius 3 is 2.29 bits per heavy atom. The first-order valence-corrected chi connectivity index (χ1v) is 7.78. The van der Waals surface area contributed by atoms with Gasteiger partial charge in [-0.1, -0.05) is 13.8 Å². The Morgan fingerprint density at radius 1 is 1.12 bits per heavy atom. The Balaban J connectivity index is 2.26. The summed E-state index contributed by atoms with van der Waals surface area (Å²) in [6, 6.07) is 1.43. The molecule has 0 bridgehead atoms. The predicted molar refractivity (Wildman–Crippen MR) is 84.1 cm³/mol. The summed E-state index contributed by atoms with van der Waals surface area (Å²) in [6.45, 7) is 5.60.